The summed E-state index contributed by atoms with van der Waals surface area (Å²) in [6, 6.07) is 20.6. The lowest BCUT2D eigenvalue weighted by Gasteiger charge is -2.08. The highest BCUT2D eigenvalue weighted by Crippen LogP contribution is 2.11. The summed E-state index contributed by atoms with van der Waals surface area (Å²) in [5, 5.41) is 0. The number of rotatable bonds is 3. The summed E-state index contributed by atoms with van der Waals surface area (Å²) in [6.45, 7) is 0. The van der Waals surface area contributed by atoms with Gasteiger partial charge in [0.2, 0.25) is 6.34 Å². The first-order valence-electron chi connectivity index (χ1n) is 5.68. The van der Waals surface area contributed by atoms with Gasteiger partial charge in [0.25, 0.3) is 0 Å². The Morgan fingerprint density at radius 2 is 1.41 bits per heavy atom. The first-order chi connectivity index (χ1) is 8.27. The van der Waals surface area contributed by atoms with Crippen molar-refractivity contribution in [3.05, 3.63) is 60.7 Å². The second-order valence-electron chi connectivity index (χ2n) is 4.01. The number of para-hydroxylation sites is 2. The van der Waals surface area contributed by atoms with Crippen LogP contribution in [0.15, 0.2) is 60.7 Å². The van der Waals surface area contributed by atoms with Crippen molar-refractivity contribution in [3.8, 4) is 0 Å². The van der Waals surface area contributed by atoms with E-state index in [4.69, 9.17) is 0 Å². The molecule has 0 unspecified atom stereocenters. The summed E-state index contributed by atoms with van der Waals surface area (Å²) in [6.07, 6.45) is 2.07. The van der Waals surface area contributed by atoms with E-state index in [9.17, 15) is 0 Å². The summed E-state index contributed by atoms with van der Waals surface area (Å²) >= 11 is 0. The van der Waals surface area contributed by atoms with Crippen molar-refractivity contribution in [2.45, 2.75) is 0 Å². The Kier molecular flexibility index (Phi) is 3.55. The highest BCUT2D eigenvalue weighted by molar-refractivity contribution is 5.75. The topological polar surface area (TPSA) is 6.25 Å². The molecule has 0 fully saturated rings. The van der Waals surface area contributed by atoms with Crippen LogP contribution in [0, 0.1) is 0 Å². The average Bonchev–Trinajstić information content (AvgIpc) is 2.40. The Labute approximate surface area is 102 Å². The van der Waals surface area contributed by atoms with E-state index in [2.05, 4.69) is 54.2 Å². The van der Waals surface area contributed by atoms with E-state index in [1.54, 1.807) is 0 Å². The largest absolute Gasteiger partial charge is 0.244 e. The first-order valence-corrected chi connectivity index (χ1v) is 5.68. The zero-order valence-corrected chi connectivity index (χ0v) is 10.2. The Balaban J connectivity index is 2.20. The molecule has 0 spiro atoms. The first kappa shape index (κ1) is 11.4. The minimum atomic E-state index is 1.18. The van der Waals surface area contributed by atoms with Crippen molar-refractivity contribution >= 4 is 17.7 Å². The molecule has 2 nitrogen and oxygen atoms in total. The van der Waals surface area contributed by atoms with Gasteiger partial charge in [-0.1, -0.05) is 36.4 Å². The van der Waals surface area contributed by atoms with Crippen LogP contribution < -0.4 is 4.90 Å². The van der Waals surface area contributed by atoms with Crippen LogP contribution >= 0.6 is 0 Å². The van der Waals surface area contributed by atoms with Crippen LogP contribution in [0.25, 0.3) is 0 Å². The lowest BCUT2D eigenvalue weighted by molar-refractivity contribution is -0.400. The summed E-state index contributed by atoms with van der Waals surface area (Å²) < 4.78 is 2.10. The van der Waals surface area contributed by atoms with Gasteiger partial charge in [0.15, 0.2) is 0 Å². The summed E-state index contributed by atoms with van der Waals surface area (Å²) in [4.78, 5) is 2.10. The minimum absolute atomic E-state index is 1.18. The average molecular weight is 225 g/mol. The minimum Gasteiger partial charge on any atom is -0.236 e. The van der Waals surface area contributed by atoms with Crippen molar-refractivity contribution in [2.24, 2.45) is 0 Å². The highest BCUT2D eigenvalue weighted by atomic mass is 15.2. The molecule has 0 aromatic heterocycles. The summed E-state index contributed by atoms with van der Waals surface area (Å²) in [7, 11) is 4.10. The molecule has 0 amide bonds. The van der Waals surface area contributed by atoms with Crippen molar-refractivity contribution in [2.75, 3.05) is 19.0 Å². The fourth-order valence-electron chi connectivity index (χ4n) is 1.72. The van der Waals surface area contributed by atoms with Gasteiger partial charge in [0, 0.05) is 0 Å². The number of hydrogen-bond donors (Lipinski definition) is 0. The molecule has 0 N–H and O–H groups in total. The third kappa shape index (κ3) is 2.94. The van der Waals surface area contributed by atoms with Gasteiger partial charge < -0.3 is 0 Å². The van der Waals surface area contributed by atoms with Gasteiger partial charge >= 0.3 is 0 Å². The molecule has 0 heterocycles. The molecule has 0 saturated heterocycles. The van der Waals surface area contributed by atoms with Crippen LogP contribution in [0.5, 0.6) is 0 Å². The fraction of sp³-hybridized carbons (Fsp3) is 0.133. The quantitative estimate of drug-likeness (QED) is 0.442. The predicted octanol–water partition coefficient (Wildman–Crippen LogP) is 3.13. The molecule has 2 heteroatoms. The Bertz CT molecular complexity index is 489. The van der Waals surface area contributed by atoms with Crippen LogP contribution in [0.1, 0.15) is 0 Å². The molecule has 2 aromatic rings. The smallest absolute Gasteiger partial charge is 0.236 e. The van der Waals surface area contributed by atoms with Crippen LogP contribution in [-0.4, -0.2) is 25.0 Å². The monoisotopic (exact) mass is 225 g/mol. The molecule has 0 aliphatic carbocycles. The van der Waals surface area contributed by atoms with Crippen LogP contribution in [0.2, 0.25) is 0 Å². The molecular weight excluding hydrogens is 208 g/mol. The maximum Gasteiger partial charge on any atom is 0.244 e. The maximum absolute atomic E-state index is 2.10. The predicted molar refractivity (Wildman–Crippen MR) is 73.2 cm³/mol. The normalized spacial score (nSPS) is 11.3. The van der Waals surface area contributed by atoms with Crippen molar-refractivity contribution in [1.29, 1.82) is 0 Å². The van der Waals surface area contributed by atoms with Crippen LogP contribution in [0.3, 0.4) is 0 Å². The van der Waals surface area contributed by atoms with Crippen LogP contribution in [-0.2, 0) is 0 Å². The van der Waals surface area contributed by atoms with Gasteiger partial charge in [-0.05, 0) is 24.3 Å². The second-order valence-corrected chi connectivity index (χ2v) is 4.01. The van der Waals surface area contributed by atoms with Gasteiger partial charge in [-0.2, -0.15) is 0 Å². The number of hydrogen-bond acceptors (Lipinski definition) is 0. The molecule has 0 bridgehead atoms. The zero-order valence-electron chi connectivity index (χ0n) is 10.2. The van der Waals surface area contributed by atoms with Gasteiger partial charge in [0.1, 0.15) is 11.4 Å². The Morgan fingerprint density at radius 1 is 0.882 bits per heavy atom. The Hall–Kier alpha value is -2.09. The molecule has 2 rings (SSSR count). The zero-order chi connectivity index (χ0) is 12.1. The number of anilines is 1. The van der Waals surface area contributed by atoms with E-state index in [0.29, 0.717) is 0 Å². The van der Waals surface area contributed by atoms with E-state index in [1.165, 1.54) is 11.4 Å². The lowest BCUT2D eigenvalue weighted by atomic mass is 10.3. The van der Waals surface area contributed by atoms with Gasteiger partial charge in [-0.25, -0.2) is 9.48 Å². The molecule has 0 atom stereocenters. The van der Waals surface area contributed by atoms with Crippen molar-refractivity contribution in [1.82, 2.24) is 0 Å². The lowest BCUT2D eigenvalue weighted by Crippen LogP contribution is -2.20. The highest BCUT2D eigenvalue weighted by Gasteiger charge is 2.05. The fourth-order valence-corrected chi connectivity index (χ4v) is 1.72. The van der Waals surface area contributed by atoms with E-state index < -0.39 is 0 Å². The third-order valence-electron chi connectivity index (χ3n) is 2.67. The molecule has 17 heavy (non-hydrogen) atoms. The van der Waals surface area contributed by atoms with Gasteiger partial charge in [-0.15, -0.1) is 0 Å². The molecule has 0 aliphatic rings. The van der Waals surface area contributed by atoms with E-state index in [-0.39, 0.29) is 0 Å². The molecule has 86 valence electrons. The molecular formula is C15H17N2+. The number of benzene rings is 2. The molecule has 2 aromatic carbocycles. The maximum atomic E-state index is 2.10. The third-order valence-corrected chi connectivity index (χ3v) is 2.67. The van der Waals surface area contributed by atoms with Crippen molar-refractivity contribution < 1.29 is 4.58 Å². The van der Waals surface area contributed by atoms with Crippen molar-refractivity contribution in [3.63, 3.8) is 0 Å². The molecule has 0 saturated carbocycles. The summed E-state index contributed by atoms with van der Waals surface area (Å²) in [5.74, 6) is 0. The molecule has 0 radical (unpaired) electrons. The van der Waals surface area contributed by atoms with E-state index in [0.717, 1.165) is 0 Å². The van der Waals surface area contributed by atoms with Crippen LogP contribution in [0.4, 0.5) is 11.4 Å². The van der Waals surface area contributed by atoms with Gasteiger partial charge in [0.05, 0.1) is 14.1 Å². The molecule has 0 aliphatic heterocycles. The van der Waals surface area contributed by atoms with E-state index in [1.807, 2.05) is 36.4 Å². The van der Waals surface area contributed by atoms with Gasteiger partial charge in [-0.3, -0.25) is 0 Å². The Morgan fingerprint density at radius 3 is 2.00 bits per heavy atom. The standard InChI is InChI=1S/C15H17N2/c1-16(14-9-5-3-6-10-14)13-17(2)15-11-7-4-8-12-15/h3-13H,1-2H3/q+1. The SMILES string of the molecule is CN(C=[N+](C)c1ccccc1)c1ccccc1. The second kappa shape index (κ2) is 5.30. The number of nitrogens with zero attached hydrogens (tertiary/aromatic N) is 2. The summed E-state index contributed by atoms with van der Waals surface area (Å²) in [5.41, 5.74) is 2.35. The van der Waals surface area contributed by atoms with E-state index >= 15 is 0 Å².